The van der Waals surface area contributed by atoms with Crippen LogP contribution in [0, 0.1) is 0 Å². The zero-order valence-electron chi connectivity index (χ0n) is 14.3. The second kappa shape index (κ2) is 8.65. The molecule has 3 rings (SSSR count). The van der Waals surface area contributed by atoms with Crippen LogP contribution in [0.2, 0.25) is 0 Å². The molecule has 0 saturated carbocycles. The number of benzene rings is 1. The summed E-state index contributed by atoms with van der Waals surface area (Å²) in [6.45, 7) is 5.41. The van der Waals surface area contributed by atoms with Crippen LogP contribution in [0.25, 0.3) is 5.69 Å². The first-order chi connectivity index (χ1) is 11.3. The molecule has 126 valence electrons. The van der Waals surface area contributed by atoms with Gasteiger partial charge in [-0.2, -0.15) is 5.10 Å². The fraction of sp³-hybridized carbons (Fsp3) is 0.300. The Kier molecular flexibility index (Phi) is 6.56. The van der Waals surface area contributed by atoms with E-state index in [1.807, 2.05) is 16.9 Å². The molecular weight excluding hydrogens is 318 g/mol. The lowest BCUT2D eigenvalue weighted by Gasteiger charge is -2.11. The standard InChI is InChI=1S/C20H24N3.ClH/c1-3-18(4-2)19-10-14-22(15-11-19)16-17-6-8-20(9-7-17)23-13-5-12-21-23;/h5-15,18H,3-4,16H2,1-2H3;1H/q+1;/p-1. The summed E-state index contributed by atoms with van der Waals surface area (Å²) in [6, 6.07) is 15.0. The fourth-order valence-corrected chi connectivity index (χ4v) is 2.99. The minimum Gasteiger partial charge on any atom is -1.00 e. The van der Waals surface area contributed by atoms with Gasteiger partial charge in [-0.25, -0.2) is 9.25 Å². The van der Waals surface area contributed by atoms with Crippen molar-refractivity contribution in [3.63, 3.8) is 0 Å². The molecular formula is C20H24ClN3. The Labute approximate surface area is 150 Å². The van der Waals surface area contributed by atoms with Crippen molar-refractivity contribution in [3.05, 3.63) is 78.4 Å². The molecule has 2 heterocycles. The molecule has 0 aliphatic heterocycles. The Hall–Kier alpha value is -2.13. The molecule has 0 amide bonds. The summed E-state index contributed by atoms with van der Waals surface area (Å²) in [6.07, 6.45) is 10.5. The minimum absolute atomic E-state index is 0. The molecule has 2 aromatic heterocycles. The number of aromatic nitrogens is 3. The maximum Gasteiger partial charge on any atom is 0.173 e. The van der Waals surface area contributed by atoms with Crippen LogP contribution >= 0.6 is 0 Å². The van der Waals surface area contributed by atoms with Crippen LogP contribution < -0.4 is 17.0 Å². The van der Waals surface area contributed by atoms with Crippen LogP contribution in [-0.4, -0.2) is 9.78 Å². The predicted molar refractivity (Wildman–Crippen MR) is 92.6 cm³/mol. The Balaban J connectivity index is 0.00000208. The smallest absolute Gasteiger partial charge is 0.173 e. The van der Waals surface area contributed by atoms with Crippen molar-refractivity contribution in [1.82, 2.24) is 9.78 Å². The van der Waals surface area contributed by atoms with E-state index in [0.29, 0.717) is 5.92 Å². The molecule has 0 unspecified atom stereocenters. The van der Waals surface area contributed by atoms with Crippen molar-refractivity contribution >= 4 is 0 Å². The second-order valence-corrected chi connectivity index (χ2v) is 5.93. The molecule has 0 bridgehead atoms. The Morgan fingerprint density at radius 3 is 2.21 bits per heavy atom. The van der Waals surface area contributed by atoms with E-state index in [1.165, 1.54) is 24.0 Å². The van der Waals surface area contributed by atoms with Gasteiger partial charge in [-0.1, -0.05) is 26.0 Å². The molecule has 0 spiro atoms. The highest BCUT2D eigenvalue weighted by molar-refractivity contribution is 5.33. The van der Waals surface area contributed by atoms with Crippen molar-refractivity contribution in [1.29, 1.82) is 0 Å². The zero-order valence-corrected chi connectivity index (χ0v) is 15.0. The Morgan fingerprint density at radius 1 is 1.00 bits per heavy atom. The molecule has 0 atom stereocenters. The maximum atomic E-state index is 4.25. The van der Waals surface area contributed by atoms with E-state index < -0.39 is 0 Å². The van der Waals surface area contributed by atoms with Crippen molar-refractivity contribution in [2.45, 2.75) is 39.2 Å². The van der Waals surface area contributed by atoms with E-state index in [1.54, 1.807) is 6.20 Å². The molecule has 0 saturated heterocycles. The van der Waals surface area contributed by atoms with Gasteiger partial charge in [0.1, 0.15) is 0 Å². The number of rotatable bonds is 6. The summed E-state index contributed by atoms with van der Waals surface area (Å²) < 4.78 is 4.11. The highest BCUT2D eigenvalue weighted by Gasteiger charge is 2.09. The molecule has 3 nitrogen and oxygen atoms in total. The number of nitrogens with zero attached hydrogens (tertiary/aromatic N) is 3. The van der Waals surface area contributed by atoms with Gasteiger partial charge in [0.05, 0.1) is 5.69 Å². The Morgan fingerprint density at radius 2 is 1.67 bits per heavy atom. The normalized spacial score (nSPS) is 10.6. The lowest BCUT2D eigenvalue weighted by Crippen LogP contribution is -3.00. The molecule has 0 fully saturated rings. The predicted octanol–water partition coefficient (Wildman–Crippen LogP) is 1.12. The van der Waals surface area contributed by atoms with Gasteiger partial charge in [0.2, 0.25) is 0 Å². The first-order valence-corrected chi connectivity index (χ1v) is 8.38. The topological polar surface area (TPSA) is 21.7 Å². The van der Waals surface area contributed by atoms with Crippen LogP contribution in [0.1, 0.15) is 43.7 Å². The van der Waals surface area contributed by atoms with Crippen LogP contribution in [0.3, 0.4) is 0 Å². The number of hydrogen-bond acceptors (Lipinski definition) is 1. The molecule has 3 aromatic rings. The summed E-state index contributed by atoms with van der Waals surface area (Å²) in [5, 5.41) is 4.25. The fourth-order valence-electron chi connectivity index (χ4n) is 2.99. The first kappa shape index (κ1) is 18.2. The van der Waals surface area contributed by atoms with Gasteiger partial charge in [0.15, 0.2) is 18.9 Å². The van der Waals surface area contributed by atoms with E-state index in [-0.39, 0.29) is 12.4 Å². The van der Waals surface area contributed by atoms with Crippen LogP contribution in [0.5, 0.6) is 0 Å². The van der Waals surface area contributed by atoms with Crippen LogP contribution in [0.15, 0.2) is 67.3 Å². The third-order valence-electron chi connectivity index (χ3n) is 4.44. The van der Waals surface area contributed by atoms with Crippen LogP contribution in [-0.2, 0) is 6.54 Å². The van der Waals surface area contributed by atoms with Gasteiger partial charge in [0, 0.05) is 30.1 Å². The molecule has 0 radical (unpaired) electrons. The van der Waals surface area contributed by atoms with Gasteiger partial charge < -0.3 is 12.4 Å². The summed E-state index contributed by atoms with van der Waals surface area (Å²) in [7, 11) is 0. The highest BCUT2D eigenvalue weighted by atomic mass is 35.5. The highest BCUT2D eigenvalue weighted by Crippen LogP contribution is 2.21. The van der Waals surface area contributed by atoms with E-state index in [4.69, 9.17) is 0 Å². The van der Waals surface area contributed by atoms with E-state index >= 15 is 0 Å². The first-order valence-electron chi connectivity index (χ1n) is 8.38. The molecule has 0 N–H and O–H groups in total. The maximum absolute atomic E-state index is 4.25. The van der Waals surface area contributed by atoms with Gasteiger partial charge >= 0.3 is 0 Å². The van der Waals surface area contributed by atoms with Gasteiger partial charge in [-0.15, -0.1) is 0 Å². The largest absolute Gasteiger partial charge is 1.00 e. The minimum atomic E-state index is 0. The summed E-state index contributed by atoms with van der Waals surface area (Å²) >= 11 is 0. The zero-order chi connectivity index (χ0) is 16.1. The SMILES string of the molecule is CCC(CC)c1cc[n+](Cc2ccc(-n3cccn3)cc2)cc1.[Cl-]. The third-order valence-corrected chi connectivity index (χ3v) is 4.44. The average molecular weight is 342 g/mol. The van der Waals surface area contributed by atoms with Gasteiger partial charge in [-0.3, -0.25) is 0 Å². The molecule has 1 aromatic carbocycles. The van der Waals surface area contributed by atoms with Crippen molar-refractivity contribution in [2.24, 2.45) is 0 Å². The molecule has 24 heavy (non-hydrogen) atoms. The second-order valence-electron chi connectivity index (χ2n) is 5.93. The lowest BCUT2D eigenvalue weighted by molar-refractivity contribution is -0.688. The molecule has 4 heteroatoms. The summed E-state index contributed by atoms with van der Waals surface area (Å²) in [5.41, 5.74) is 3.83. The van der Waals surface area contributed by atoms with E-state index in [9.17, 15) is 0 Å². The van der Waals surface area contributed by atoms with Crippen molar-refractivity contribution < 1.29 is 17.0 Å². The number of halogens is 1. The quantitative estimate of drug-likeness (QED) is 0.616. The van der Waals surface area contributed by atoms with Crippen molar-refractivity contribution in [3.8, 4) is 5.69 Å². The third kappa shape index (κ3) is 4.24. The van der Waals surface area contributed by atoms with E-state index in [0.717, 1.165) is 12.2 Å². The molecule has 0 aliphatic carbocycles. The van der Waals surface area contributed by atoms with E-state index in [2.05, 4.69) is 72.3 Å². The molecule has 0 aliphatic rings. The summed E-state index contributed by atoms with van der Waals surface area (Å²) in [4.78, 5) is 0. The van der Waals surface area contributed by atoms with Crippen molar-refractivity contribution in [2.75, 3.05) is 0 Å². The Bertz CT molecular complexity index is 715. The number of pyridine rings is 1. The lowest BCUT2D eigenvalue weighted by atomic mass is 9.95. The number of hydrogen-bond donors (Lipinski definition) is 0. The monoisotopic (exact) mass is 341 g/mol. The summed E-state index contributed by atoms with van der Waals surface area (Å²) in [5.74, 6) is 0.679. The van der Waals surface area contributed by atoms with Gasteiger partial charge in [0.25, 0.3) is 0 Å². The average Bonchev–Trinajstić information content (AvgIpc) is 3.13. The van der Waals surface area contributed by atoms with Gasteiger partial charge in [-0.05, 0) is 42.5 Å². The van der Waals surface area contributed by atoms with Crippen LogP contribution in [0.4, 0.5) is 0 Å².